The molecule has 0 spiro atoms. The Morgan fingerprint density at radius 2 is 1.82 bits per heavy atom. The second-order valence-electron chi connectivity index (χ2n) is 4.48. The van der Waals surface area contributed by atoms with Crippen LogP contribution in [-0.2, 0) is 6.54 Å². The Labute approximate surface area is 104 Å². The Kier molecular flexibility index (Phi) is 4.98. The molecular weight excluding hydrogens is 210 g/mol. The second kappa shape index (κ2) is 6.74. The van der Waals surface area contributed by atoms with E-state index in [1.807, 2.05) is 0 Å². The number of nitrogens with one attached hydrogen (secondary N) is 1. The summed E-state index contributed by atoms with van der Waals surface area (Å²) in [5.41, 5.74) is 1.41. The molecule has 1 aliphatic heterocycles. The fraction of sp³-hybridized carbons (Fsp3) is 0.500. The summed E-state index contributed by atoms with van der Waals surface area (Å²) in [6.45, 7) is 10.9. The Morgan fingerprint density at radius 1 is 1.12 bits per heavy atom. The first kappa shape index (κ1) is 12.6. The predicted octanol–water partition coefficient (Wildman–Crippen LogP) is 1.53. The Morgan fingerprint density at radius 3 is 2.47 bits per heavy atom. The van der Waals surface area contributed by atoms with Crippen LogP contribution < -0.4 is 5.32 Å². The highest BCUT2D eigenvalue weighted by Gasteiger charge is 2.16. The van der Waals surface area contributed by atoms with E-state index in [0.717, 1.165) is 39.3 Å². The van der Waals surface area contributed by atoms with Gasteiger partial charge in [-0.3, -0.25) is 15.1 Å². The molecular formula is C14H22N3. The summed E-state index contributed by atoms with van der Waals surface area (Å²) in [7, 11) is 0. The van der Waals surface area contributed by atoms with Gasteiger partial charge in [0.15, 0.2) is 0 Å². The predicted molar refractivity (Wildman–Crippen MR) is 71.3 cm³/mol. The molecule has 93 valence electrons. The van der Waals surface area contributed by atoms with Gasteiger partial charge in [-0.1, -0.05) is 37.3 Å². The van der Waals surface area contributed by atoms with E-state index in [4.69, 9.17) is 0 Å². The zero-order chi connectivity index (χ0) is 11.9. The van der Waals surface area contributed by atoms with Crippen LogP contribution in [0.1, 0.15) is 12.5 Å². The van der Waals surface area contributed by atoms with Gasteiger partial charge in [0, 0.05) is 32.7 Å². The van der Waals surface area contributed by atoms with E-state index in [-0.39, 0.29) is 0 Å². The van der Waals surface area contributed by atoms with Crippen molar-refractivity contribution in [2.45, 2.75) is 13.5 Å². The molecule has 0 aliphatic carbocycles. The molecule has 3 nitrogen and oxygen atoms in total. The SMILES string of the molecule is CCN[CH]N1CCN(Cc2ccccc2)CC1. The maximum Gasteiger partial charge on any atom is 0.0894 e. The highest BCUT2D eigenvalue weighted by Crippen LogP contribution is 2.08. The van der Waals surface area contributed by atoms with Gasteiger partial charge in [-0.05, 0) is 12.1 Å². The second-order valence-corrected chi connectivity index (χ2v) is 4.48. The molecule has 1 N–H and O–H groups in total. The largest absolute Gasteiger partial charge is 0.300 e. The Bertz CT molecular complexity index is 305. The minimum atomic E-state index is 1.00. The molecule has 1 saturated heterocycles. The van der Waals surface area contributed by atoms with Crippen LogP contribution in [0, 0.1) is 6.67 Å². The first-order valence-corrected chi connectivity index (χ1v) is 6.45. The average Bonchev–Trinajstić information content (AvgIpc) is 2.39. The summed E-state index contributed by atoms with van der Waals surface area (Å²) in [6.07, 6.45) is 0. The standard InChI is InChI=1S/C14H22N3/c1-2-15-13-17-10-8-16(9-11-17)12-14-6-4-3-5-7-14/h3-7,13,15H,2,8-12H2,1H3. The molecule has 0 amide bonds. The minimum absolute atomic E-state index is 1.00. The summed E-state index contributed by atoms with van der Waals surface area (Å²) >= 11 is 0. The monoisotopic (exact) mass is 232 g/mol. The van der Waals surface area contributed by atoms with Crippen molar-refractivity contribution in [1.82, 2.24) is 15.1 Å². The van der Waals surface area contributed by atoms with Crippen LogP contribution >= 0.6 is 0 Å². The van der Waals surface area contributed by atoms with Crippen molar-refractivity contribution in [3.05, 3.63) is 42.6 Å². The third-order valence-corrected chi connectivity index (χ3v) is 3.13. The van der Waals surface area contributed by atoms with Gasteiger partial charge < -0.3 is 0 Å². The lowest BCUT2D eigenvalue weighted by Gasteiger charge is -2.34. The molecule has 0 atom stereocenters. The van der Waals surface area contributed by atoms with Gasteiger partial charge in [0.05, 0.1) is 6.67 Å². The quantitative estimate of drug-likeness (QED) is 0.830. The van der Waals surface area contributed by atoms with Crippen LogP contribution in [-0.4, -0.2) is 42.5 Å². The highest BCUT2D eigenvalue weighted by atomic mass is 15.3. The van der Waals surface area contributed by atoms with Crippen LogP contribution in [0.4, 0.5) is 0 Å². The van der Waals surface area contributed by atoms with E-state index < -0.39 is 0 Å². The number of benzene rings is 1. The molecule has 2 rings (SSSR count). The van der Waals surface area contributed by atoms with E-state index in [0.29, 0.717) is 0 Å². The van der Waals surface area contributed by atoms with Crippen molar-refractivity contribution in [3.8, 4) is 0 Å². The van der Waals surface area contributed by atoms with E-state index in [2.05, 4.69) is 59.0 Å². The summed E-state index contributed by atoms with van der Waals surface area (Å²) in [4.78, 5) is 4.89. The Hall–Kier alpha value is -0.900. The normalized spacial score (nSPS) is 18.4. The van der Waals surface area contributed by atoms with Crippen LogP contribution in [0.25, 0.3) is 0 Å². The molecule has 0 saturated carbocycles. The van der Waals surface area contributed by atoms with Crippen LogP contribution in [0.3, 0.4) is 0 Å². The van der Waals surface area contributed by atoms with Crippen LogP contribution in [0.15, 0.2) is 30.3 Å². The molecule has 0 unspecified atom stereocenters. The van der Waals surface area contributed by atoms with Crippen molar-refractivity contribution in [2.75, 3.05) is 32.7 Å². The number of rotatable bonds is 5. The molecule has 0 aromatic heterocycles. The lowest BCUT2D eigenvalue weighted by atomic mass is 10.2. The van der Waals surface area contributed by atoms with Gasteiger partial charge >= 0.3 is 0 Å². The molecule has 1 heterocycles. The summed E-state index contributed by atoms with van der Waals surface area (Å²) in [6, 6.07) is 10.7. The number of hydrogen-bond acceptors (Lipinski definition) is 3. The topological polar surface area (TPSA) is 18.5 Å². The van der Waals surface area contributed by atoms with Crippen LogP contribution in [0.2, 0.25) is 0 Å². The summed E-state index contributed by atoms with van der Waals surface area (Å²) in [5.74, 6) is 0. The van der Waals surface area contributed by atoms with Crippen molar-refractivity contribution < 1.29 is 0 Å². The molecule has 1 fully saturated rings. The highest BCUT2D eigenvalue weighted by molar-refractivity contribution is 5.14. The minimum Gasteiger partial charge on any atom is -0.300 e. The molecule has 1 radical (unpaired) electrons. The average molecular weight is 232 g/mol. The lowest BCUT2D eigenvalue weighted by molar-refractivity contribution is 0.143. The van der Waals surface area contributed by atoms with Gasteiger partial charge in [0.2, 0.25) is 0 Å². The van der Waals surface area contributed by atoms with Crippen molar-refractivity contribution >= 4 is 0 Å². The van der Waals surface area contributed by atoms with Crippen molar-refractivity contribution in [1.29, 1.82) is 0 Å². The zero-order valence-corrected chi connectivity index (χ0v) is 10.6. The van der Waals surface area contributed by atoms with Crippen molar-refractivity contribution in [2.24, 2.45) is 0 Å². The van der Waals surface area contributed by atoms with Crippen LogP contribution in [0.5, 0.6) is 0 Å². The summed E-state index contributed by atoms with van der Waals surface area (Å²) < 4.78 is 0. The summed E-state index contributed by atoms with van der Waals surface area (Å²) in [5, 5.41) is 3.26. The maximum absolute atomic E-state index is 3.26. The third-order valence-electron chi connectivity index (χ3n) is 3.13. The number of hydrogen-bond donors (Lipinski definition) is 1. The van der Waals surface area contributed by atoms with Gasteiger partial charge in [-0.15, -0.1) is 0 Å². The van der Waals surface area contributed by atoms with Gasteiger partial charge in [0.1, 0.15) is 0 Å². The molecule has 1 aliphatic rings. The zero-order valence-electron chi connectivity index (χ0n) is 10.6. The molecule has 0 bridgehead atoms. The molecule has 3 heteroatoms. The van der Waals surface area contributed by atoms with Gasteiger partial charge in [0.25, 0.3) is 0 Å². The first-order chi connectivity index (χ1) is 8.38. The molecule has 1 aromatic carbocycles. The van der Waals surface area contributed by atoms with E-state index in [9.17, 15) is 0 Å². The first-order valence-electron chi connectivity index (χ1n) is 6.45. The third kappa shape index (κ3) is 4.11. The van der Waals surface area contributed by atoms with E-state index in [1.54, 1.807) is 0 Å². The smallest absolute Gasteiger partial charge is 0.0894 e. The maximum atomic E-state index is 3.26. The van der Waals surface area contributed by atoms with Gasteiger partial charge in [-0.25, -0.2) is 0 Å². The fourth-order valence-corrected chi connectivity index (χ4v) is 2.11. The Balaban J connectivity index is 1.72. The van der Waals surface area contributed by atoms with Crippen molar-refractivity contribution in [3.63, 3.8) is 0 Å². The molecule has 1 aromatic rings. The molecule has 17 heavy (non-hydrogen) atoms. The van der Waals surface area contributed by atoms with E-state index in [1.165, 1.54) is 5.56 Å². The number of piperazine rings is 1. The van der Waals surface area contributed by atoms with Gasteiger partial charge in [-0.2, -0.15) is 0 Å². The van der Waals surface area contributed by atoms with E-state index >= 15 is 0 Å². The fourth-order valence-electron chi connectivity index (χ4n) is 2.11. The number of nitrogens with zero attached hydrogens (tertiary/aromatic N) is 2. The lowest BCUT2D eigenvalue weighted by Crippen LogP contribution is -2.46.